The average molecular weight is 251 g/mol. The van der Waals surface area contributed by atoms with Gasteiger partial charge in [-0.05, 0) is 12.5 Å². The van der Waals surface area contributed by atoms with Gasteiger partial charge in [0.05, 0.1) is 0 Å². The Balaban J connectivity index is 2.86. The molecular formula is C13H17NO4. The van der Waals surface area contributed by atoms with Crippen molar-refractivity contribution in [2.24, 2.45) is 0 Å². The highest BCUT2D eigenvalue weighted by Gasteiger charge is 2.22. The van der Waals surface area contributed by atoms with Crippen molar-refractivity contribution >= 4 is 11.7 Å². The van der Waals surface area contributed by atoms with Crippen molar-refractivity contribution in [1.82, 2.24) is 5.32 Å². The van der Waals surface area contributed by atoms with Gasteiger partial charge in [0.1, 0.15) is 12.2 Å². The zero-order valence-corrected chi connectivity index (χ0v) is 10.4. The molecule has 18 heavy (non-hydrogen) atoms. The van der Waals surface area contributed by atoms with Crippen LogP contribution in [0.2, 0.25) is 0 Å². The maximum Gasteiger partial charge on any atom is 0.216 e. The average Bonchev–Trinajstić information content (AvgIpc) is 2.34. The minimum atomic E-state index is -1.21. The Morgan fingerprint density at radius 1 is 1.22 bits per heavy atom. The lowest BCUT2D eigenvalue weighted by molar-refractivity contribution is -0.119. The molecule has 0 spiro atoms. The number of Topliss-reactive ketones (excluding diaryl/α,β-unsaturated/α-hetero) is 1. The predicted molar refractivity (Wildman–Crippen MR) is 66.1 cm³/mol. The van der Waals surface area contributed by atoms with Crippen molar-refractivity contribution in [3.8, 4) is 0 Å². The molecule has 2 unspecified atom stereocenters. The van der Waals surface area contributed by atoms with Gasteiger partial charge in [0.2, 0.25) is 5.91 Å². The van der Waals surface area contributed by atoms with Crippen LogP contribution in [-0.4, -0.2) is 34.6 Å². The second kappa shape index (κ2) is 6.28. The van der Waals surface area contributed by atoms with Crippen LogP contribution in [0.25, 0.3) is 0 Å². The van der Waals surface area contributed by atoms with E-state index in [4.69, 9.17) is 0 Å². The van der Waals surface area contributed by atoms with Crippen molar-refractivity contribution in [3.05, 3.63) is 35.4 Å². The van der Waals surface area contributed by atoms with Gasteiger partial charge in [0.15, 0.2) is 5.78 Å². The Kier molecular flexibility index (Phi) is 5.00. The van der Waals surface area contributed by atoms with Crippen molar-refractivity contribution in [1.29, 1.82) is 0 Å². The number of carbonyl (C=O) groups is 2. The standard InChI is InChI=1S/C13H17NO4/c1-8(15)10-5-3-4-6-11(10)13(18)12(17)7-14-9(2)16/h3-6,12-13,17-18H,7H2,1-2H3,(H,14,16). The lowest BCUT2D eigenvalue weighted by Crippen LogP contribution is -2.34. The van der Waals surface area contributed by atoms with Crippen LogP contribution in [0.1, 0.15) is 35.9 Å². The summed E-state index contributed by atoms with van der Waals surface area (Å²) in [5.74, 6) is -0.475. The molecule has 0 saturated carbocycles. The minimum Gasteiger partial charge on any atom is -0.388 e. The Labute approximate surface area is 105 Å². The molecule has 0 aliphatic heterocycles. The molecule has 0 aliphatic carbocycles. The van der Waals surface area contributed by atoms with Crippen molar-refractivity contribution < 1.29 is 19.8 Å². The monoisotopic (exact) mass is 251 g/mol. The number of aliphatic hydroxyl groups is 2. The number of ketones is 1. The highest BCUT2D eigenvalue weighted by atomic mass is 16.3. The van der Waals surface area contributed by atoms with Crippen molar-refractivity contribution in [2.45, 2.75) is 26.1 Å². The van der Waals surface area contributed by atoms with E-state index in [0.29, 0.717) is 11.1 Å². The summed E-state index contributed by atoms with van der Waals surface area (Å²) in [6.07, 6.45) is -2.37. The van der Waals surface area contributed by atoms with Gasteiger partial charge in [-0.1, -0.05) is 24.3 Å². The van der Waals surface area contributed by atoms with E-state index in [1.807, 2.05) is 0 Å². The van der Waals surface area contributed by atoms with E-state index in [9.17, 15) is 19.8 Å². The van der Waals surface area contributed by atoms with Crippen LogP contribution in [0.5, 0.6) is 0 Å². The van der Waals surface area contributed by atoms with Gasteiger partial charge in [-0.15, -0.1) is 0 Å². The van der Waals surface area contributed by atoms with E-state index in [1.54, 1.807) is 24.3 Å². The first-order valence-corrected chi connectivity index (χ1v) is 5.64. The zero-order chi connectivity index (χ0) is 13.7. The fraction of sp³-hybridized carbons (Fsp3) is 0.385. The summed E-state index contributed by atoms with van der Waals surface area (Å²) in [7, 11) is 0. The smallest absolute Gasteiger partial charge is 0.216 e. The first-order valence-electron chi connectivity index (χ1n) is 5.64. The van der Waals surface area contributed by atoms with Gasteiger partial charge in [-0.25, -0.2) is 0 Å². The molecule has 5 heteroatoms. The summed E-state index contributed by atoms with van der Waals surface area (Å²) >= 11 is 0. The number of aliphatic hydroxyl groups excluding tert-OH is 2. The summed E-state index contributed by atoms with van der Waals surface area (Å²) in [5.41, 5.74) is 0.731. The molecule has 0 aromatic heterocycles. The van der Waals surface area contributed by atoms with Gasteiger partial charge < -0.3 is 15.5 Å². The zero-order valence-electron chi connectivity index (χ0n) is 10.4. The molecule has 2 atom stereocenters. The highest BCUT2D eigenvalue weighted by molar-refractivity contribution is 5.95. The topological polar surface area (TPSA) is 86.6 Å². The van der Waals surface area contributed by atoms with E-state index < -0.39 is 12.2 Å². The SMILES string of the molecule is CC(=O)NCC(O)C(O)c1ccccc1C(C)=O. The largest absolute Gasteiger partial charge is 0.388 e. The number of carbonyl (C=O) groups excluding carboxylic acids is 2. The quantitative estimate of drug-likeness (QED) is 0.662. The Morgan fingerprint density at radius 3 is 2.39 bits per heavy atom. The first kappa shape index (κ1) is 14.3. The van der Waals surface area contributed by atoms with Crippen LogP contribution < -0.4 is 5.32 Å². The third kappa shape index (κ3) is 3.65. The normalized spacial score (nSPS) is 13.8. The second-order valence-electron chi connectivity index (χ2n) is 4.09. The minimum absolute atomic E-state index is 0.0667. The second-order valence-corrected chi connectivity index (χ2v) is 4.09. The molecule has 1 amide bonds. The predicted octanol–water partition coefficient (Wildman–Crippen LogP) is 0.420. The van der Waals surface area contributed by atoms with Gasteiger partial charge in [0.25, 0.3) is 0 Å². The highest BCUT2D eigenvalue weighted by Crippen LogP contribution is 2.21. The molecule has 98 valence electrons. The molecule has 0 fully saturated rings. The molecule has 0 bridgehead atoms. The van der Waals surface area contributed by atoms with Crippen molar-refractivity contribution in [3.63, 3.8) is 0 Å². The Bertz CT molecular complexity index is 444. The lowest BCUT2D eigenvalue weighted by atomic mass is 9.96. The molecule has 1 aromatic carbocycles. The van der Waals surface area contributed by atoms with E-state index in [1.165, 1.54) is 13.8 Å². The van der Waals surface area contributed by atoms with E-state index in [0.717, 1.165) is 0 Å². The molecular weight excluding hydrogens is 234 g/mol. The maximum absolute atomic E-state index is 11.4. The van der Waals surface area contributed by atoms with Gasteiger partial charge in [0, 0.05) is 19.0 Å². The molecule has 0 saturated heterocycles. The van der Waals surface area contributed by atoms with E-state index in [-0.39, 0.29) is 18.2 Å². The summed E-state index contributed by atoms with van der Waals surface area (Å²) < 4.78 is 0. The van der Waals surface area contributed by atoms with E-state index in [2.05, 4.69) is 5.32 Å². The third-order valence-electron chi connectivity index (χ3n) is 2.58. The first-order chi connectivity index (χ1) is 8.43. The Morgan fingerprint density at radius 2 is 1.83 bits per heavy atom. The molecule has 5 nitrogen and oxygen atoms in total. The number of hydrogen-bond acceptors (Lipinski definition) is 4. The van der Waals surface area contributed by atoms with Gasteiger partial charge in [-0.2, -0.15) is 0 Å². The molecule has 3 N–H and O–H groups in total. The molecule has 1 aromatic rings. The van der Waals surface area contributed by atoms with Crippen LogP contribution in [0.3, 0.4) is 0 Å². The number of amides is 1. The van der Waals surface area contributed by atoms with Crippen LogP contribution in [0, 0.1) is 0 Å². The summed E-state index contributed by atoms with van der Waals surface area (Å²) in [6.45, 7) is 2.65. The van der Waals surface area contributed by atoms with Gasteiger partial charge in [-0.3, -0.25) is 9.59 Å². The fourth-order valence-corrected chi connectivity index (χ4v) is 1.64. The number of hydrogen-bond donors (Lipinski definition) is 3. The lowest BCUT2D eigenvalue weighted by Gasteiger charge is -2.20. The molecule has 0 radical (unpaired) electrons. The van der Waals surface area contributed by atoms with Crippen LogP contribution >= 0.6 is 0 Å². The van der Waals surface area contributed by atoms with Gasteiger partial charge >= 0.3 is 0 Å². The molecule has 1 rings (SSSR count). The van der Waals surface area contributed by atoms with Crippen molar-refractivity contribution in [2.75, 3.05) is 6.54 Å². The summed E-state index contributed by atoms with van der Waals surface area (Å²) in [4.78, 5) is 22.1. The van der Waals surface area contributed by atoms with E-state index >= 15 is 0 Å². The van der Waals surface area contributed by atoms with Crippen LogP contribution in [-0.2, 0) is 4.79 Å². The number of rotatable bonds is 5. The molecule has 0 aliphatic rings. The van der Waals surface area contributed by atoms with Crippen LogP contribution in [0.15, 0.2) is 24.3 Å². The maximum atomic E-state index is 11.4. The third-order valence-corrected chi connectivity index (χ3v) is 2.58. The molecule has 0 heterocycles. The number of benzene rings is 1. The fourth-order valence-electron chi connectivity index (χ4n) is 1.64. The number of nitrogens with one attached hydrogen (secondary N) is 1. The summed E-state index contributed by atoms with van der Waals surface area (Å²) in [6, 6.07) is 6.54. The van der Waals surface area contributed by atoms with Crippen LogP contribution in [0.4, 0.5) is 0 Å². The summed E-state index contributed by atoms with van der Waals surface area (Å²) in [5, 5.41) is 22.1. The Hall–Kier alpha value is -1.72.